The Morgan fingerprint density at radius 1 is 1.16 bits per heavy atom. The molecule has 0 bridgehead atoms. The smallest absolute Gasteiger partial charge is 0.475 e. The van der Waals surface area contributed by atoms with Crippen molar-refractivity contribution in [2.75, 3.05) is 43.9 Å². The summed E-state index contributed by atoms with van der Waals surface area (Å²) in [6.07, 6.45) is -6.68. The second-order valence-electron chi connectivity index (χ2n) is 12.0. The van der Waals surface area contributed by atoms with Gasteiger partial charge >= 0.3 is 12.1 Å². The normalized spacial score (nSPS) is 22.4. The number of anilines is 2. The van der Waals surface area contributed by atoms with Gasteiger partial charge < -0.3 is 35.2 Å². The summed E-state index contributed by atoms with van der Waals surface area (Å²) in [6, 6.07) is 6.74. The Morgan fingerprint density at radius 2 is 1.84 bits per heavy atom. The third-order valence-corrected chi connectivity index (χ3v) is 9.23. The summed E-state index contributed by atoms with van der Waals surface area (Å²) in [5.41, 5.74) is 1.79. The van der Waals surface area contributed by atoms with Crippen molar-refractivity contribution in [2.24, 2.45) is 5.14 Å². The van der Waals surface area contributed by atoms with Gasteiger partial charge in [-0.15, -0.1) is 10.2 Å². The highest BCUT2D eigenvalue weighted by atomic mass is 32.2. The number of hydrogen-bond acceptors (Lipinski definition) is 15. The molecule has 23 heteroatoms. The molecule has 6 N–H and O–H groups in total. The number of ether oxygens (including phenoxy) is 1. The van der Waals surface area contributed by atoms with Crippen LogP contribution in [0.3, 0.4) is 0 Å². The summed E-state index contributed by atoms with van der Waals surface area (Å²) >= 11 is 0. The number of halogens is 3. The van der Waals surface area contributed by atoms with E-state index in [1.54, 1.807) is 16.7 Å². The summed E-state index contributed by atoms with van der Waals surface area (Å²) in [7, 11) is 0.325. The molecule has 278 valence electrons. The first-order chi connectivity index (χ1) is 24.0. The standard InChI is InChI=1S/C26H36N12O5S.C2HF3O2/c1-4-38-33-23(32-34-38)21-19(39)20(40)25(43-21)37-14-29-18-22(28-11-9-15-5-7-17(8-6-15)44(27,41)42)30-26(31-24(18)37)36-12-10-16(13-36)35(2)3;3-2(4,5)1(6)7/h5-8,14,16,19-21,25,39-40H,4,9-13H2,1-3H3,(H2,27,41,42)(H,28,30,31);(H,6,7)/t16-,19+,20-,21+,25-;/m1./s1. The molecule has 0 radical (unpaired) electrons. The number of likely N-dealkylation sites (N-methyl/N-ethyl adjacent to an activating group) is 1. The second-order valence-corrected chi connectivity index (χ2v) is 13.5. The van der Waals surface area contributed by atoms with Crippen LogP contribution in [0.4, 0.5) is 24.9 Å². The Labute approximate surface area is 288 Å². The van der Waals surface area contributed by atoms with Crippen molar-refractivity contribution in [1.82, 2.24) is 44.6 Å². The Balaban J connectivity index is 0.000000654. The zero-order chi connectivity index (χ0) is 37.2. The predicted octanol–water partition coefficient (Wildman–Crippen LogP) is -0.0998. The van der Waals surface area contributed by atoms with E-state index in [1.807, 2.05) is 21.0 Å². The van der Waals surface area contributed by atoms with E-state index in [4.69, 9.17) is 29.7 Å². The van der Waals surface area contributed by atoms with Gasteiger partial charge in [-0.3, -0.25) is 4.57 Å². The number of sulfonamides is 1. The highest BCUT2D eigenvalue weighted by Gasteiger charge is 2.47. The lowest BCUT2D eigenvalue weighted by Crippen LogP contribution is -2.32. The monoisotopic (exact) mass is 742 g/mol. The van der Waals surface area contributed by atoms with Gasteiger partial charge in [0.2, 0.25) is 21.8 Å². The first kappa shape index (κ1) is 37.7. The molecule has 2 saturated heterocycles. The molecule has 5 atom stereocenters. The van der Waals surface area contributed by atoms with Gasteiger partial charge in [0.1, 0.15) is 12.2 Å². The van der Waals surface area contributed by atoms with Gasteiger partial charge in [0.15, 0.2) is 29.3 Å². The van der Waals surface area contributed by atoms with Gasteiger partial charge in [0.25, 0.3) is 0 Å². The van der Waals surface area contributed by atoms with Crippen LogP contribution in [-0.2, 0) is 32.5 Å². The van der Waals surface area contributed by atoms with E-state index in [0.717, 1.165) is 25.1 Å². The number of aliphatic carboxylic acids is 1. The molecule has 19 nitrogen and oxygen atoms in total. The number of nitrogens with two attached hydrogens (primary N) is 1. The van der Waals surface area contributed by atoms with E-state index in [2.05, 4.69) is 35.5 Å². The average Bonchev–Trinajstić information content (AvgIpc) is 3.88. The van der Waals surface area contributed by atoms with Crippen LogP contribution in [0.2, 0.25) is 0 Å². The number of nitrogens with one attached hydrogen (secondary N) is 1. The maximum Gasteiger partial charge on any atom is 0.490 e. The zero-order valence-electron chi connectivity index (χ0n) is 27.6. The summed E-state index contributed by atoms with van der Waals surface area (Å²) < 4.78 is 62.6. The van der Waals surface area contributed by atoms with Gasteiger partial charge in [-0.25, -0.2) is 23.3 Å². The molecule has 0 aliphatic carbocycles. The number of tetrazole rings is 1. The number of hydrogen-bond donors (Lipinski definition) is 5. The molecular formula is C28H37F3N12O7S. The molecule has 1 aromatic carbocycles. The van der Waals surface area contributed by atoms with E-state index in [-0.39, 0.29) is 10.7 Å². The van der Waals surface area contributed by atoms with Crippen molar-refractivity contribution in [2.45, 2.75) is 68.0 Å². The molecule has 2 fully saturated rings. The van der Waals surface area contributed by atoms with E-state index >= 15 is 0 Å². The number of aromatic nitrogens is 8. The van der Waals surface area contributed by atoms with Crippen molar-refractivity contribution < 1.29 is 46.4 Å². The molecule has 0 unspecified atom stereocenters. The van der Waals surface area contributed by atoms with Crippen LogP contribution >= 0.6 is 0 Å². The summed E-state index contributed by atoms with van der Waals surface area (Å²) in [6.45, 7) is 4.33. The average molecular weight is 743 g/mol. The number of nitrogens with zero attached hydrogens (tertiary/aromatic N) is 10. The highest BCUT2D eigenvalue weighted by molar-refractivity contribution is 7.89. The van der Waals surface area contributed by atoms with Crippen LogP contribution in [0, 0.1) is 0 Å². The van der Waals surface area contributed by atoms with Crippen LogP contribution in [-0.4, -0.2) is 132 Å². The lowest BCUT2D eigenvalue weighted by molar-refractivity contribution is -0.192. The molecule has 0 amide bonds. The largest absolute Gasteiger partial charge is 0.490 e. The number of carboxylic acid groups (broad SMARTS) is 1. The predicted molar refractivity (Wildman–Crippen MR) is 172 cm³/mol. The minimum atomic E-state index is -5.08. The third kappa shape index (κ3) is 8.50. The fraction of sp³-hybridized carbons (Fsp3) is 0.536. The maximum absolute atomic E-state index is 11.6. The molecule has 6 rings (SSSR count). The van der Waals surface area contributed by atoms with Crippen molar-refractivity contribution >= 4 is 38.9 Å². The van der Waals surface area contributed by atoms with Crippen LogP contribution in [0.5, 0.6) is 0 Å². The van der Waals surface area contributed by atoms with Gasteiger partial charge in [-0.1, -0.05) is 12.1 Å². The summed E-state index contributed by atoms with van der Waals surface area (Å²) in [5.74, 6) is -1.59. The molecule has 2 aliphatic heterocycles. The second kappa shape index (κ2) is 15.0. The first-order valence-electron chi connectivity index (χ1n) is 15.6. The molecule has 2 aliphatic rings. The molecule has 51 heavy (non-hydrogen) atoms. The van der Waals surface area contributed by atoms with E-state index in [1.165, 1.54) is 23.3 Å². The topological polar surface area (TPSA) is 253 Å². The molecule has 5 heterocycles. The Morgan fingerprint density at radius 3 is 2.41 bits per heavy atom. The molecule has 0 spiro atoms. The van der Waals surface area contributed by atoms with E-state index in [0.29, 0.717) is 48.5 Å². The Kier molecular flexibility index (Phi) is 11.1. The fourth-order valence-electron chi connectivity index (χ4n) is 5.48. The summed E-state index contributed by atoms with van der Waals surface area (Å²) in [4.78, 5) is 28.9. The Hall–Kier alpha value is -4.55. The van der Waals surface area contributed by atoms with Crippen molar-refractivity contribution in [1.29, 1.82) is 0 Å². The molecule has 0 saturated carbocycles. The van der Waals surface area contributed by atoms with Crippen molar-refractivity contribution in [3.8, 4) is 0 Å². The number of rotatable bonds is 10. The lowest BCUT2D eigenvalue weighted by atomic mass is 10.1. The quantitative estimate of drug-likeness (QED) is 0.142. The summed E-state index contributed by atoms with van der Waals surface area (Å²) in [5, 5.41) is 49.8. The number of fused-ring (bicyclic) bond motifs is 1. The van der Waals surface area contributed by atoms with Crippen molar-refractivity contribution in [3.05, 3.63) is 42.0 Å². The maximum atomic E-state index is 11.6. The number of aliphatic hydroxyl groups is 2. The van der Waals surface area contributed by atoms with E-state index < -0.39 is 46.7 Å². The number of aliphatic hydroxyl groups excluding tert-OH is 2. The number of benzene rings is 1. The van der Waals surface area contributed by atoms with Crippen LogP contribution in [0.15, 0.2) is 35.5 Å². The molecule has 4 aromatic rings. The third-order valence-electron chi connectivity index (χ3n) is 8.30. The highest BCUT2D eigenvalue weighted by Crippen LogP contribution is 2.39. The van der Waals surface area contributed by atoms with Crippen LogP contribution in [0.1, 0.15) is 37.1 Å². The van der Waals surface area contributed by atoms with Gasteiger partial charge in [-0.05, 0) is 56.8 Å². The number of aryl methyl sites for hydroxylation is 1. The lowest BCUT2D eigenvalue weighted by Gasteiger charge is -2.21. The number of carbonyl (C=O) groups is 1. The van der Waals surface area contributed by atoms with Crippen LogP contribution < -0.4 is 15.4 Å². The zero-order valence-corrected chi connectivity index (χ0v) is 28.4. The Bertz CT molecular complexity index is 1940. The first-order valence-corrected chi connectivity index (χ1v) is 17.1. The SMILES string of the molecule is CCn1nnc([C@H]2O[C@@H](n3cnc4c(NCCc5ccc(S(N)(=O)=O)cc5)nc(N5CC[C@@H](N(C)C)C5)nc43)[C@H](O)[C@@H]2O)n1.O=C(O)C(F)(F)F. The number of primary sulfonamides is 1. The number of carboxylic acids is 1. The number of imidazole rings is 1. The minimum Gasteiger partial charge on any atom is -0.475 e. The van der Waals surface area contributed by atoms with Gasteiger partial charge in [0.05, 0.1) is 17.8 Å². The van der Waals surface area contributed by atoms with Gasteiger partial charge in [0, 0.05) is 25.7 Å². The number of alkyl halides is 3. The fourth-order valence-corrected chi connectivity index (χ4v) is 5.99. The minimum absolute atomic E-state index is 0.0537. The molecular weight excluding hydrogens is 705 g/mol. The van der Waals surface area contributed by atoms with Crippen molar-refractivity contribution in [3.63, 3.8) is 0 Å². The van der Waals surface area contributed by atoms with Crippen LogP contribution in [0.25, 0.3) is 11.2 Å². The van der Waals surface area contributed by atoms with E-state index in [9.17, 15) is 31.8 Å². The molecule has 3 aromatic heterocycles. The van der Waals surface area contributed by atoms with Gasteiger partial charge in [-0.2, -0.15) is 27.9 Å².